The van der Waals surface area contributed by atoms with E-state index < -0.39 is 205 Å². The van der Waals surface area contributed by atoms with Gasteiger partial charge in [0.1, 0.15) is 66.5 Å². The molecule has 0 unspecified atom stereocenters. The lowest BCUT2D eigenvalue weighted by Gasteiger charge is -2.29. The molecule has 1 aromatic carbocycles. The summed E-state index contributed by atoms with van der Waals surface area (Å²) in [4.78, 5) is 212. The van der Waals surface area contributed by atoms with Crippen LogP contribution in [0.25, 0.3) is 0 Å². The Balaban J connectivity index is 2.40. The van der Waals surface area contributed by atoms with E-state index in [0.29, 0.717) is 17.7 Å². The lowest BCUT2D eigenvalue weighted by Crippen LogP contribution is -2.61. The highest BCUT2D eigenvalue weighted by atomic mass is 16.4. The number of amides is 13. The maximum Gasteiger partial charge on any atom is 0.305 e. The van der Waals surface area contributed by atoms with Crippen LogP contribution in [0.15, 0.2) is 47.8 Å². The Morgan fingerprint density at radius 1 is 0.520 bits per heavy atom. The maximum atomic E-state index is 14.3. The maximum absolute atomic E-state index is 14.3. The van der Waals surface area contributed by atoms with E-state index in [1.54, 1.807) is 58.0 Å². The van der Waals surface area contributed by atoms with Crippen LogP contribution in [-0.4, -0.2) is 206 Å². The number of imidazole rings is 1. The Morgan fingerprint density at radius 2 is 1.01 bits per heavy atom. The number of aromatic amines is 1. The van der Waals surface area contributed by atoms with Gasteiger partial charge in [0, 0.05) is 37.7 Å². The third-order valence-corrected chi connectivity index (χ3v) is 15.2. The first-order chi connectivity index (χ1) is 46.0. The molecule has 0 aliphatic carbocycles. The zero-order valence-electron chi connectivity index (χ0n) is 56.1. The number of aliphatic hydroxyl groups is 1. The Kier molecular flexibility index (Phi) is 36.1. The van der Waals surface area contributed by atoms with Crippen molar-refractivity contribution in [2.75, 3.05) is 13.2 Å². The molecule has 0 saturated carbocycles. The highest BCUT2D eigenvalue weighted by molar-refractivity contribution is 6.01. The lowest BCUT2D eigenvalue weighted by atomic mass is 9.99. The number of carbonyl (C=O) groups is 15. The van der Waals surface area contributed by atoms with Crippen LogP contribution in [0.2, 0.25) is 0 Å². The second-order valence-corrected chi connectivity index (χ2v) is 24.2. The molecule has 0 radical (unpaired) electrons. The van der Waals surface area contributed by atoms with E-state index in [1.165, 1.54) is 33.3 Å². The predicted molar refractivity (Wildman–Crippen MR) is 350 cm³/mol. The van der Waals surface area contributed by atoms with Crippen molar-refractivity contribution in [3.8, 4) is 0 Å². The topological polar surface area (TPSA) is 620 Å². The second kappa shape index (κ2) is 42.3. The van der Waals surface area contributed by atoms with Gasteiger partial charge in [-0.3, -0.25) is 76.9 Å². The van der Waals surface area contributed by atoms with Crippen LogP contribution in [0.3, 0.4) is 0 Å². The second-order valence-electron chi connectivity index (χ2n) is 24.2. The van der Waals surface area contributed by atoms with Crippen LogP contribution < -0.4 is 87.2 Å². The largest absolute Gasteiger partial charge is 0.481 e. The van der Waals surface area contributed by atoms with Gasteiger partial charge in [0.2, 0.25) is 76.8 Å². The molecule has 13 amide bonds. The molecule has 2 aromatic rings. The Hall–Kier alpha value is -10.3. The van der Waals surface area contributed by atoms with Gasteiger partial charge in [-0.25, -0.2) is 4.98 Å². The summed E-state index contributed by atoms with van der Waals surface area (Å²) in [5.41, 5.74) is 28.9. The number of carboxylic acid groups (broad SMARTS) is 2. The smallest absolute Gasteiger partial charge is 0.305 e. The predicted octanol–water partition coefficient (Wildman–Crippen LogP) is -6.22. The van der Waals surface area contributed by atoms with Gasteiger partial charge in [0.15, 0.2) is 5.96 Å². The average molecular weight is 1380 g/mol. The zero-order chi connectivity index (χ0) is 74.1. The summed E-state index contributed by atoms with van der Waals surface area (Å²) in [6.45, 7) is 11.5. The fourth-order valence-electron chi connectivity index (χ4n) is 9.39. The molecule has 1 heterocycles. The fourth-order valence-corrected chi connectivity index (χ4v) is 9.39. The number of aliphatic carboxylic acids is 2. The summed E-state index contributed by atoms with van der Waals surface area (Å²) in [6, 6.07) is -10.4. The quantitative estimate of drug-likeness (QED) is 0.0167. The van der Waals surface area contributed by atoms with Crippen molar-refractivity contribution in [3.05, 3.63) is 54.1 Å². The summed E-state index contributed by atoms with van der Waals surface area (Å²) in [6.07, 6.45) is -0.743. The molecule has 0 aliphatic rings. The molecular formula is C61H97N19O18. The average Bonchev–Trinajstić information content (AvgIpc) is 0.928. The van der Waals surface area contributed by atoms with Crippen LogP contribution in [0.4, 0.5) is 0 Å². The Labute approximate surface area is 565 Å². The van der Waals surface area contributed by atoms with Crippen molar-refractivity contribution in [2.24, 2.45) is 51.4 Å². The SMILES string of the molecule is CC[C@H](NC(=O)[C@H](CO)NC(=O)[C@@H](N)[C@@H](C)CC)C(=O)N[C@H](C(=O)N[C@@H](CC(N)=O)C(=O)N[C@@H](CC(C)C)C(=O)N[C@@H](CC(=O)O)C(=O)N[C@@H](C)C(=O)N[C@@H](CCC(=O)O)C(=O)N[C@@H](Cc1ccccc1)C(=O)N[C@@H](CCCN=C(N)N)C(=O)N[C@@H](Cc1cnc[nH]1)C(N)=O)C(C)C. The molecule has 98 heavy (non-hydrogen) atoms. The minimum atomic E-state index is -2.00. The molecule has 544 valence electrons. The summed E-state index contributed by atoms with van der Waals surface area (Å²) in [5.74, 6) is -18.2. The van der Waals surface area contributed by atoms with Gasteiger partial charge in [-0.1, -0.05) is 85.2 Å². The van der Waals surface area contributed by atoms with E-state index in [9.17, 15) is 87.2 Å². The molecule has 0 fully saturated rings. The standard InChI is InChI=1S/C61H97N19O18/c1-9-31(7)47(63)59(97)79-43(27-81)58(96)71-35(10-2)51(89)80-48(30(5)6)60(98)78-41(24-44(62)82)57(95)75-39(21-29(3)4)55(93)77-42(25-46(85)86)54(92)70-32(8)50(88)72-37(18-19-45(83)84)53(91)76-40(22-33-15-12-11-13-16-33)56(94)73-36(17-14-20-68-61(65)66)52(90)74-38(49(64)87)23-34-26-67-28-69-34/h11-13,15-16,26,28-32,35-43,47-48,81H,9-10,14,17-25,27,63H2,1-8H3,(H2,62,82)(H2,64,87)(H,67,69)(H,70,92)(H,71,96)(H,72,88)(H,73,94)(H,74,90)(H,75,95)(H,76,91)(H,77,93)(H,78,98)(H,79,97)(H,80,89)(H,83,84)(H,85,86)(H4,65,66,68)/t31-,32-,35-,36-,37-,38-,39-,40-,41-,42-,43-,47-,48-/m0/s1. The van der Waals surface area contributed by atoms with E-state index >= 15 is 0 Å². The molecule has 0 spiro atoms. The van der Waals surface area contributed by atoms with Gasteiger partial charge >= 0.3 is 11.9 Å². The van der Waals surface area contributed by atoms with Crippen molar-refractivity contribution in [2.45, 2.75) is 199 Å². The molecule has 25 N–H and O–H groups in total. The van der Waals surface area contributed by atoms with Gasteiger partial charge < -0.3 is 107 Å². The van der Waals surface area contributed by atoms with Crippen LogP contribution >= 0.6 is 0 Å². The molecule has 37 heteroatoms. The van der Waals surface area contributed by atoms with Crippen molar-refractivity contribution >= 4 is 94.7 Å². The summed E-state index contributed by atoms with van der Waals surface area (Å²) >= 11 is 0. The number of aliphatic hydroxyl groups excluding tert-OH is 1. The normalized spacial score (nSPS) is 15.1. The van der Waals surface area contributed by atoms with Gasteiger partial charge in [0.25, 0.3) is 0 Å². The third-order valence-electron chi connectivity index (χ3n) is 15.2. The monoisotopic (exact) mass is 1380 g/mol. The van der Waals surface area contributed by atoms with Crippen LogP contribution in [-0.2, 0) is 84.8 Å². The number of H-pyrrole nitrogens is 1. The first-order valence-electron chi connectivity index (χ1n) is 31.8. The number of primary amides is 2. The van der Waals surface area contributed by atoms with E-state index in [2.05, 4.69) is 73.4 Å². The van der Waals surface area contributed by atoms with E-state index in [4.69, 9.17) is 28.7 Å². The highest BCUT2D eigenvalue weighted by Gasteiger charge is 2.38. The van der Waals surface area contributed by atoms with Crippen LogP contribution in [0.1, 0.15) is 124 Å². The zero-order valence-corrected chi connectivity index (χ0v) is 56.1. The van der Waals surface area contributed by atoms with Gasteiger partial charge in [-0.2, -0.15) is 0 Å². The van der Waals surface area contributed by atoms with E-state index in [-0.39, 0.29) is 56.9 Å². The van der Waals surface area contributed by atoms with Crippen LogP contribution in [0, 0.1) is 17.8 Å². The van der Waals surface area contributed by atoms with Crippen molar-refractivity contribution < 1.29 is 87.2 Å². The van der Waals surface area contributed by atoms with Crippen molar-refractivity contribution in [3.63, 3.8) is 0 Å². The number of aliphatic imine (C=N–C) groups is 1. The number of benzene rings is 1. The number of carboxylic acids is 2. The number of nitrogens with one attached hydrogen (secondary N) is 12. The molecule has 13 atom stereocenters. The third kappa shape index (κ3) is 30.2. The number of guanidine groups is 1. The number of carbonyl (C=O) groups excluding carboxylic acids is 13. The molecular weight excluding hydrogens is 1290 g/mol. The minimum absolute atomic E-state index is 0.000874. The van der Waals surface area contributed by atoms with Gasteiger partial charge in [-0.05, 0) is 62.3 Å². The summed E-state index contributed by atoms with van der Waals surface area (Å²) < 4.78 is 0. The summed E-state index contributed by atoms with van der Waals surface area (Å²) in [5, 5.41) is 55.9. The van der Waals surface area contributed by atoms with E-state index in [1.807, 2.05) is 0 Å². The first-order valence-corrected chi connectivity index (χ1v) is 31.8. The minimum Gasteiger partial charge on any atom is -0.481 e. The number of rotatable bonds is 45. The highest BCUT2D eigenvalue weighted by Crippen LogP contribution is 2.13. The van der Waals surface area contributed by atoms with Crippen molar-refractivity contribution in [1.29, 1.82) is 0 Å². The molecule has 37 nitrogen and oxygen atoms in total. The summed E-state index contributed by atoms with van der Waals surface area (Å²) in [7, 11) is 0. The van der Waals surface area contributed by atoms with E-state index in [0.717, 1.165) is 6.92 Å². The Bertz CT molecular complexity index is 3090. The Morgan fingerprint density at radius 3 is 1.54 bits per heavy atom. The number of hydrogen-bond donors (Lipinski definition) is 20. The van der Waals surface area contributed by atoms with Crippen LogP contribution in [0.5, 0.6) is 0 Å². The molecule has 0 saturated heterocycles. The van der Waals surface area contributed by atoms with Gasteiger partial charge in [0.05, 0.1) is 31.8 Å². The number of nitrogens with two attached hydrogens (primary N) is 5. The molecule has 0 aliphatic heterocycles. The number of nitrogens with zero attached hydrogens (tertiary/aromatic N) is 2. The molecule has 1 aromatic heterocycles. The van der Waals surface area contributed by atoms with Crippen molar-refractivity contribution in [1.82, 2.24) is 68.5 Å². The molecule has 2 rings (SSSR count). The first kappa shape index (κ1) is 83.8. The fraction of sp³-hybridized carbons (Fsp3) is 0.590. The van der Waals surface area contributed by atoms with Gasteiger partial charge in [-0.15, -0.1) is 0 Å². The lowest BCUT2D eigenvalue weighted by molar-refractivity contribution is -0.142. The number of aromatic nitrogens is 2. The number of hydrogen-bond acceptors (Lipinski definition) is 19. The molecule has 0 bridgehead atoms.